The summed E-state index contributed by atoms with van der Waals surface area (Å²) in [6, 6.07) is 11.8. The topological polar surface area (TPSA) is 94.7 Å². The van der Waals surface area contributed by atoms with E-state index in [0.717, 1.165) is 43.0 Å². The second-order valence-corrected chi connectivity index (χ2v) is 12.4. The van der Waals surface area contributed by atoms with Gasteiger partial charge in [-0.15, -0.1) is 16.4 Å². The number of aromatic nitrogens is 4. The van der Waals surface area contributed by atoms with Gasteiger partial charge in [-0.05, 0) is 61.2 Å². The third kappa shape index (κ3) is 6.14. The summed E-state index contributed by atoms with van der Waals surface area (Å²) in [5.41, 5.74) is 3.15. The average Bonchev–Trinajstić information content (AvgIpc) is 3.68. The van der Waals surface area contributed by atoms with Gasteiger partial charge in [0.05, 0.1) is 49.0 Å². The number of halogens is 4. The summed E-state index contributed by atoms with van der Waals surface area (Å²) in [7, 11) is 0. The van der Waals surface area contributed by atoms with E-state index in [1.54, 1.807) is 12.1 Å². The van der Waals surface area contributed by atoms with E-state index < -0.39 is 11.9 Å². The molecule has 0 bridgehead atoms. The lowest BCUT2D eigenvalue weighted by atomic mass is 10.1. The number of thiophene rings is 1. The van der Waals surface area contributed by atoms with Crippen LogP contribution < -0.4 is 10.6 Å². The number of nitrogens with one attached hydrogen (secondary N) is 2. The van der Waals surface area contributed by atoms with Crippen LogP contribution in [0.3, 0.4) is 0 Å². The van der Waals surface area contributed by atoms with Crippen LogP contribution in [0.4, 0.5) is 21.5 Å². The number of benzene rings is 2. The van der Waals surface area contributed by atoms with Crippen LogP contribution in [-0.2, 0) is 0 Å². The quantitative estimate of drug-likeness (QED) is 0.173. The van der Waals surface area contributed by atoms with Crippen molar-refractivity contribution < 1.29 is 4.39 Å². The monoisotopic (exact) mass is 654 g/mol. The number of pyridine rings is 1. The fraction of sp³-hybridized carbons (Fsp3) is 0.267. The van der Waals surface area contributed by atoms with E-state index in [1.165, 1.54) is 29.7 Å². The Labute approximate surface area is 267 Å². The summed E-state index contributed by atoms with van der Waals surface area (Å²) in [6.45, 7) is 5.29. The van der Waals surface area contributed by atoms with Gasteiger partial charge in [0, 0.05) is 36.0 Å². The van der Waals surface area contributed by atoms with Gasteiger partial charge in [-0.2, -0.15) is 5.26 Å². The zero-order chi connectivity index (χ0) is 30.1. The van der Waals surface area contributed by atoms with Crippen LogP contribution in [0.2, 0.25) is 15.1 Å². The van der Waals surface area contributed by atoms with Gasteiger partial charge in [-0.25, -0.2) is 9.07 Å². The van der Waals surface area contributed by atoms with Crippen LogP contribution in [0.1, 0.15) is 48.0 Å². The first-order chi connectivity index (χ1) is 20.8. The fourth-order valence-electron chi connectivity index (χ4n) is 5.33. The van der Waals surface area contributed by atoms with Gasteiger partial charge in [0.2, 0.25) is 0 Å². The average molecular weight is 656 g/mol. The molecule has 3 aromatic heterocycles. The zero-order valence-electron chi connectivity index (χ0n) is 23.0. The van der Waals surface area contributed by atoms with Crippen molar-refractivity contribution in [3.8, 4) is 6.07 Å². The maximum absolute atomic E-state index is 13.8. The predicted octanol–water partition coefficient (Wildman–Crippen LogP) is 8.46. The Morgan fingerprint density at radius 2 is 1.88 bits per heavy atom. The fourth-order valence-corrected chi connectivity index (χ4v) is 7.01. The van der Waals surface area contributed by atoms with E-state index in [9.17, 15) is 9.65 Å². The normalized spacial score (nSPS) is 15.0. The van der Waals surface area contributed by atoms with E-state index in [0.29, 0.717) is 38.0 Å². The Bertz CT molecular complexity index is 1830. The number of nitrogens with zero attached hydrogens (tertiary/aromatic N) is 6. The summed E-state index contributed by atoms with van der Waals surface area (Å²) in [4.78, 5) is 7.76. The minimum absolute atomic E-state index is 0.0399. The summed E-state index contributed by atoms with van der Waals surface area (Å²) >= 11 is 20.9. The van der Waals surface area contributed by atoms with Crippen molar-refractivity contribution in [2.75, 3.05) is 30.3 Å². The van der Waals surface area contributed by atoms with Gasteiger partial charge in [-0.1, -0.05) is 46.9 Å². The Morgan fingerprint density at radius 3 is 2.58 bits per heavy atom. The third-order valence-electron chi connectivity index (χ3n) is 7.65. The molecule has 1 aliphatic heterocycles. The van der Waals surface area contributed by atoms with Gasteiger partial charge in [-0.3, -0.25) is 4.98 Å². The number of piperidine rings is 1. The number of nitriles is 1. The maximum Gasteiger partial charge on any atom is 0.141 e. The minimum Gasteiger partial charge on any atom is -0.372 e. The van der Waals surface area contributed by atoms with Crippen LogP contribution >= 0.6 is 46.1 Å². The number of fused-ring (bicyclic) bond motifs is 1. The number of hydrogen-bond donors (Lipinski definition) is 2. The molecule has 1 aliphatic rings. The van der Waals surface area contributed by atoms with Crippen molar-refractivity contribution in [2.24, 2.45) is 0 Å². The van der Waals surface area contributed by atoms with E-state index >= 15 is 0 Å². The molecular weight excluding hydrogens is 630 g/mol. The van der Waals surface area contributed by atoms with Crippen LogP contribution in [0.5, 0.6) is 0 Å². The van der Waals surface area contributed by atoms with E-state index in [-0.39, 0.29) is 16.6 Å². The molecule has 0 saturated carbocycles. The molecule has 0 aliphatic carbocycles. The van der Waals surface area contributed by atoms with Crippen molar-refractivity contribution in [3.05, 3.63) is 91.2 Å². The van der Waals surface area contributed by atoms with Crippen molar-refractivity contribution in [2.45, 2.75) is 31.8 Å². The zero-order valence-corrected chi connectivity index (χ0v) is 26.1. The van der Waals surface area contributed by atoms with Crippen molar-refractivity contribution in [3.63, 3.8) is 0 Å². The molecule has 6 rings (SSSR count). The first-order valence-electron chi connectivity index (χ1n) is 13.7. The molecule has 2 N–H and O–H groups in total. The van der Waals surface area contributed by atoms with Crippen LogP contribution in [0, 0.1) is 17.1 Å². The van der Waals surface area contributed by atoms with Gasteiger partial charge in [0.1, 0.15) is 23.6 Å². The molecule has 1 fully saturated rings. The number of likely N-dealkylation sites (tertiary alicyclic amines) is 1. The van der Waals surface area contributed by atoms with Crippen LogP contribution in [-0.4, -0.2) is 44.5 Å². The summed E-state index contributed by atoms with van der Waals surface area (Å²) in [5.74, 6) is -0.538. The molecule has 0 spiro atoms. The first-order valence-corrected chi connectivity index (χ1v) is 15.7. The van der Waals surface area contributed by atoms with Gasteiger partial charge >= 0.3 is 0 Å². The smallest absolute Gasteiger partial charge is 0.141 e. The van der Waals surface area contributed by atoms with Gasteiger partial charge < -0.3 is 15.5 Å². The molecule has 4 heterocycles. The molecular formula is C30H26Cl3FN8S. The Morgan fingerprint density at radius 1 is 1.09 bits per heavy atom. The summed E-state index contributed by atoms with van der Waals surface area (Å²) in [6.07, 6.45) is 5.46. The Hall–Kier alpha value is -3.46. The highest BCUT2D eigenvalue weighted by molar-refractivity contribution is 7.10. The van der Waals surface area contributed by atoms with E-state index in [4.69, 9.17) is 34.8 Å². The van der Waals surface area contributed by atoms with Crippen LogP contribution in [0.15, 0.2) is 54.2 Å². The van der Waals surface area contributed by atoms with Gasteiger partial charge in [0.15, 0.2) is 0 Å². The molecule has 5 aromatic rings. The summed E-state index contributed by atoms with van der Waals surface area (Å²) in [5, 5.41) is 29.2. The van der Waals surface area contributed by atoms with E-state index in [1.807, 2.05) is 28.4 Å². The first kappa shape index (κ1) is 29.6. The maximum atomic E-state index is 13.8. The third-order valence-corrected chi connectivity index (χ3v) is 9.66. The lowest BCUT2D eigenvalue weighted by Gasteiger charge is -2.30. The van der Waals surface area contributed by atoms with Crippen molar-refractivity contribution in [1.82, 2.24) is 24.9 Å². The lowest BCUT2D eigenvalue weighted by molar-refractivity contribution is 0.186. The number of anilines is 3. The number of rotatable bonds is 8. The molecule has 1 unspecified atom stereocenters. The SMILES string of the molecule is CCN1CCC(n2cc(C(Nc3cc(Cl)c4ncc(C#N)c(Nc5ccc(F)c(Cl)c5)c4c3)c3sccc3Cl)nn2)CC1. The highest BCUT2D eigenvalue weighted by atomic mass is 35.5. The molecule has 0 radical (unpaired) electrons. The highest BCUT2D eigenvalue weighted by Crippen LogP contribution is 2.39. The largest absolute Gasteiger partial charge is 0.372 e. The second-order valence-electron chi connectivity index (χ2n) is 10.3. The molecule has 2 aromatic carbocycles. The van der Waals surface area contributed by atoms with Gasteiger partial charge in [0.25, 0.3) is 0 Å². The lowest BCUT2D eigenvalue weighted by Crippen LogP contribution is -2.34. The molecule has 1 saturated heterocycles. The molecule has 43 heavy (non-hydrogen) atoms. The highest BCUT2D eigenvalue weighted by Gasteiger charge is 2.26. The molecule has 0 amide bonds. The number of hydrogen-bond acceptors (Lipinski definition) is 8. The molecule has 1 atom stereocenters. The Kier molecular flexibility index (Phi) is 8.71. The molecule has 13 heteroatoms. The standard InChI is InChI=1S/C30H26Cl3FN8S/c1-2-41-8-5-20(6-9-41)42-16-26(39-40-42)29(30-22(31)7-10-43-30)38-19-11-21-27(37-18-3-4-25(34)23(32)12-18)17(14-35)15-36-28(21)24(33)13-19/h3-4,7,10-13,15-16,20,29,38H,2,5-6,8-9H2,1H3,(H,36,37). The molecule has 220 valence electrons. The second kappa shape index (κ2) is 12.6. The molecule has 8 nitrogen and oxygen atoms in total. The summed E-state index contributed by atoms with van der Waals surface area (Å²) < 4.78 is 15.8. The van der Waals surface area contributed by atoms with Crippen molar-refractivity contribution >= 4 is 74.1 Å². The minimum atomic E-state index is -0.538. The Balaban J connectivity index is 1.38. The van der Waals surface area contributed by atoms with Crippen molar-refractivity contribution in [1.29, 1.82) is 5.26 Å². The van der Waals surface area contributed by atoms with E-state index in [2.05, 4.69) is 43.8 Å². The predicted molar refractivity (Wildman–Crippen MR) is 171 cm³/mol. The van der Waals surface area contributed by atoms with Crippen LogP contribution in [0.25, 0.3) is 10.9 Å².